The summed E-state index contributed by atoms with van der Waals surface area (Å²) in [6.45, 7) is 12.4. The third kappa shape index (κ3) is 15.3. The summed E-state index contributed by atoms with van der Waals surface area (Å²) >= 11 is 0. The lowest BCUT2D eigenvalue weighted by Crippen LogP contribution is -1.84. The molecule has 0 aliphatic heterocycles. The van der Waals surface area contributed by atoms with Crippen molar-refractivity contribution in [3.63, 3.8) is 0 Å². The molecule has 0 fully saturated rings. The lowest BCUT2D eigenvalue weighted by molar-refractivity contribution is 0.761. The first kappa shape index (κ1) is 21.6. The second kappa shape index (κ2) is 17.0. The summed E-state index contributed by atoms with van der Waals surface area (Å²) in [5, 5.41) is 13.1. The van der Waals surface area contributed by atoms with E-state index in [1.807, 2.05) is 54.6 Å². The van der Waals surface area contributed by atoms with E-state index in [0.29, 0.717) is 0 Å². The Kier molecular flexibility index (Phi) is 14.7. The van der Waals surface area contributed by atoms with Crippen LogP contribution in [-0.4, -0.2) is 20.6 Å². The number of hydrogen-bond donors (Lipinski definition) is 0. The van der Waals surface area contributed by atoms with E-state index in [0.717, 1.165) is 0 Å². The first-order valence-corrected chi connectivity index (χ1v) is 7.62. The fraction of sp³-hybridized carbons (Fsp3) is 0.0476. The van der Waals surface area contributed by atoms with Crippen LogP contribution in [0.1, 0.15) is 11.1 Å². The van der Waals surface area contributed by atoms with E-state index < -0.39 is 0 Å². The molecule has 0 atom stereocenters. The average Bonchev–Trinajstić information content (AvgIpc) is 2.71. The van der Waals surface area contributed by atoms with Gasteiger partial charge >= 0.3 is 0 Å². The molecule has 128 valence electrons. The highest BCUT2D eigenvalue weighted by atomic mass is 15.4. The number of benzene rings is 2. The topological polar surface area (TPSA) is 51.6 Å². The maximum atomic E-state index is 3.63. The van der Waals surface area contributed by atoms with Gasteiger partial charge < -0.3 is 0 Å². The highest BCUT2D eigenvalue weighted by Crippen LogP contribution is 1.97. The minimum absolute atomic E-state index is 1.17. The molecule has 0 N–H and O–H groups in total. The molecule has 25 heavy (non-hydrogen) atoms. The van der Waals surface area contributed by atoms with Gasteiger partial charge in [0.15, 0.2) is 0 Å². The Balaban J connectivity index is 0.000000316. The highest BCUT2D eigenvalue weighted by Gasteiger charge is 1.75. The number of hydrogen-bond acceptors (Lipinski definition) is 4. The van der Waals surface area contributed by atoms with Gasteiger partial charge in [-0.3, -0.25) is 0 Å². The van der Waals surface area contributed by atoms with E-state index in [1.165, 1.54) is 23.5 Å². The molecule has 0 radical (unpaired) electrons. The van der Waals surface area contributed by atoms with Crippen LogP contribution in [0.3, 0.4) is 0 Å². The molecular weight excluding hydrogens is 308 g/mol. The van der Waals surface area contributed by atoms with Gasteiger partial charge in [-0.05, 0) is 22.9 Å². The lowest BCUT2D eigenvalue weighted by atomic mass is 10.2. The number of nitrogens with zero attached hydrogens (tertiary/aromatic N) is 4. The summed E-state index contributed by atoms with van der Waals surface area (Å²) in [6.07, 6.45) is 8.04. The molecule has 0 amide bonds. The third-order valence-electron chi connectivity index (χ3n) is 2.49. The molecule has 4 heteroatoms. The van der Waals surface area contributed by atoms with E-state index in [9.17, 15) is 0 Å². The smallest absolute Gasteiger partial charge is 0.0716 e. The van der Waals surface area contributed by atoms with Gasteiger partial charge in [-0.1, -0.05) is 104 Å². The standard InChI is InChI=1S/C8H8.C7H8.C4H6.C2H2N4/c1-2-8-6-4-3-5-7-8;1-7-5-3-2-4-6-7;1-3-4-2;1-2-4-6-5-3-1/h2-7H,1H2;2-6H,1H3;3-4H,1-2H2;1-2H. The molecule has 4 nitrogen and oxygen atoms in total. The number of aryl methyl sites for hydroxylation is 1. The Morgan fingerprint density at radius 3 is 1.32 bits per heavy atom. The van der Waals surface area contributed by atoms with Gasteiger partial charge in [0.25, 0.3) is 0 Å². The van der Waals surface area contributed by atoms with E-state index in [4.69, 9.17) is 0 Å². The molecule has 0 saturated heterocycles. The van der Waals surface area contributed by atoms with Gasteiger partial charge in [0.1, 0.15) is 0 Å². The van der Waals surface area contributed by atoms with Crippen LogP contribution in [0.5, 0.6) is 0 Å². The lowest BCUT2D eigenvalue weighted by Gasteiger charge is -1.85. The Morgan fingerprint density at radius 1 is 0.680 bits per heavy atom. The largest absolute Gasteiger partial charge is 0.136 e. The fourth-order valence-electron chi connectivity index (χ4n) is 1.29. The number of rotatable bonds is 2. The molecule has 0 bridgehead atoms. The van der Waals surface area contributed by atoms with Crippen LogP contribution in [0.15, 0.2) is 105 Å². The zero-order valence-corrected chi connectivity index (χ0v) is 14.6. The minimum atomic E-state index is 1.17. The summed E-state index contributed by atoms with van der Waals surface area (Å²) in [4.78, 5) is 0. The summed E-state index contributed by atoms with van der Waals surface area (Å²) in [5.41, 5.74) is 2.50. The molecule has 1 aromatic heterocycles. The molecule has 3 rings (SSSR count). The average molecular weight is 332 g/mol. The van der Waals surface area contributed by atoms with Crippen molar-refractivity contribution in [1.29, 1.82) is 0 Å². The van der Waals surface area contributed by atoms with Crippen LogP contribution < -0.4 is 0 Å². The Hall–Kier alpha value is -3.40. The van der Waals surface area contributed by atoms with Crippen LogP contribution in [0.2, 0.25) is 0 Å². The number of aromatic nitrogens is 4. The van der Waals surface area contributed by atoms with Crippen LogP contribution in [0.4, 0.5) is 0 Å². The van der Waals surface area contributed by atoms with Crippen molar-refractivity contribution in [3.8, 4) is 0 Å². The van der Waals surface area contributed by atoms with Gasteiger partial charge in [0.05, 0.1) is 12.4 Å². The molecule has 2 aromatic carbocycles. The third-order valence-corrected chi connectivity index (χ3v) is 2.49. The van der Waals surface area contributed by atoms with Crippen molar-refractivity contribution in [2.45, 2.75) is 6.92 Å². The monoisotopic (exact) mass is 332 g/mol. The van der Waals surface area contributed by atoms with Gasteiger partial charge in [0, 0.05) is 0 Å². The van der Waals surface area contributed by atoms with Gasteiger partial charge in [-0.15, -0.1) is 10.2 Å². The van der Waals surface area contributed by atoms with E-state index in [1.54, 1.807) is 12.2 Å². The molecule has 0 spiro atoms. The van der Waals surface area contributed by atoms with Gasteiger partial charge in [-0.2, -0.15) is 0 Å². The Bertz CT molecular complexity index is 635. The van der Waals surface area contributed by atoms with Crippen LogP contribution in [0, 0.1) is 6.92 Å². The van der Waals surface area contributed by atoms with Crippen molar-refractivity contribution < 1.29 is 0 Å². The maximum absolute atomic E-state index is 3.63. The highest BCUT2D eigenvalue weighted by molar-refractivity contribution is 5.45. The molecule has 0 aliphatic carbocycles. The zero-order valence-electron chi connectivity index (χ0n) is 14.6. The van der Waals surface area contributed by atoms with E-state index in [-0.39, 0.29) is 0 Å². The Morgan fingerprint density at radius 2 is 1.12 bits per heavy atom. The second-order valence-electron chi connectivity index (χ2n) is 4.45. The van der Waals surface area contributed by atoms with Crippen LogP contribution >= 0.6 is 0 Å². The van der Waals surface area contributed by atoms with Crippen molar-refractivity contribution in [1.82, 2.24) is 20.6 Å². The fourth-order valence-corrected chi connectivity index (χ4v) is 1.29. The number of allylic oxidation sites excluding steroid dienone is 2. The van der Waals surface area contributed by atoms with E-state index in [2.05, 4.69) is 59.4 Å². The molecule has 0 saturated carbocycles. The molecule has 0 aliphatic rings. The molecule has 3 aromatic rings. The Labute approximate surface area is 150 Å². The van der Waals surface area contributed by atoms with Crippen molar-refractivity contribution >= 4 is 6.08 Å². The predicted molar refractivity (Wildman–Crippen MR) is 106 cm³/mol. The summed E-state index contributed by atoms with van der Waals surface area (Å²) in [5.74, 6) is 0. The first-order chi connectivity index (χ1) is 12.2. The summed E-state index contributed by atoms with van der Waals surface area (Å²) in [6, 6.07) is 20.3. The molecule has 1 heterocycles. The van der Waals surface area contributed by atoms with E-state index >= 15 is 0 Å². The summed E-state index contributed by atoms with van der Waals surface area (Å²) in [7, 11) is 0. The van der Waals surface area contributed by atoms with Crippen molar-refractivity contribution in [2.24, 2.45) is 0 Å². The summed E-state index contributed by atoms with van der Waals surface area (Å²) < 4.78 is 0. The van der Waals surface area contributed by atoms with Crippen molar-refractivity contribution in [3.05, 3.63) is 116 Å². The zero-order chi connectivity index (χ0) is 18.6. The molecular formula is C21H24N4. The normalized spacial score (nSPS) is 7.88. The first-order valence-electron chi connectivity index (χ1n) is 7.62. The van der Waals surface area contributed by atoms with Gasteiger partial charge in [0.2, 0.25) is 0 Å². The van der Waals surface area contributed by atoms with Gasteiger partial charge in [-0.25, -0.2) is 0 Å². The van der Waals surface area contributed by atoms with Crippen LogP contribution in [-0.2, 0) is 0 Å². The second-order valence-corrected chi connectivity index (χ2v) is 4.45. The quantitative estimate of drug-likeness (QED) is 0.623. The van der Waals surface area contributed by atoms with Crippen LogP contribution in [0.25, 0.3) is 6.08 Å². The molecule has 0 unspecified atom stereocenters. The van der Waals surface area contributed by atoms with Crippen molar-refractivity contribution in [2.75, 3.05) is 0 Å². The predicted octanol–water partition coefficient (Wildman–Crippen LogP) is 4.95. The SMILES string of the molecule is C=CC=C.C=Cc1ccccc1.Cc1ccccc1.c1cnnnn1. The minimum Gasteiger partial charge on any atom is -0.136 e. The maximum Gasteiger partial charge on any atom is 0.0716 e.